The molecule has 3 atom stereocenters. The van der Waals surface area contributed by atoms with Crippen molar-refractivity contribution in [1.82, 2.24) is 9.80 Å². The fraction of sp³-hybridized carbons (Fsp3) is 0.286. The lowest BCUT2D eigenvalue weighted by Gasteiger charge is -2.38. The third-order valence-corrected chi connectivity index (χ3v) is 8.11. The molecule has 4 N–H and O–H groups in total. The van der Waals surface area contributed by atoms with Gasteiger partial charge >= 0.3 is 12.0 Å². The highest BCUT2D eigenvalue weighted by Gasteiger charge is 2.33. The van der Waals surface area contributed by atoms with E-state index in [0.29, 0.717) is 42.3 Å². The van der Waals surface area contributed by atoms with Gasteiger partial charge in [-0.15, -0.1) is 0 Å². The molecule has 0 saturated carbocycles. The Balaban J connectivity index is 1.35. The number of carbonyl (C=O) groups is 3. The molecule has 0 fully saturated rings. The summed E-state index contributed by atoms with van der Waals surface area (Å²) in [5.74, 6) is -0.935. The van der Waals surface area contributed by atoms with Gasteiger partial charge in [-0.05, 0) is 61.3 Å². The van der Waals surface area contributed by atoms with Crippen molar-refractivity contribution >= 4 is 40.1 Å². The molecule has 1 aliphatic rings. The van der Waals surface area contributed by atoms with E-state index in [1.165, 1.54) is 0 Å². The Bertz CT molecular complexity index is 1690. The van der Waals surface area contributed by atoms with Crippen LogP contribution in [0.1, 0.15) is 40.1 Å². The maximum absolute atomic E-state index is 13.8. The Morgan fingerprint density at radius 1 is 1.02 bits per heavy atom. The highest BCUT2D eigenvalue weighted by Crippen LogP contribution is 2.31. The van der Waals surface area contributed by atoms with Gasteiger partial charge in [0.2, 0.25) is 0 Å². The number of likely N-dealkylation sites (N-methyl/N-ethyl adjacent to an activating group) is 1. The predicted octanol–water partition coefficient (Wildman–Crippen LogP) is 5.53. The van der Waals surface area contributed by atoms with Crippen LogP contribution in [0.15, 0.2) is 84.9 Å². The lowest BCUT2D eigenvalue weighted by atomic mass is 9.99. The molecule has 5 rings (SSSR count). The van der Waals surface area contributed by atoms with Gasteiger partial charge in [0.05, 0.1) is 29.5 Å². The summed E-state index contributed by atoms with van der Waals surface area (Å²) >= 11 is 0. The van der Waals surface area contributed by atoms with Gasteiger partial charge in [0.1, 0.15) is 11.9 Å². The highest BCUT2D eigenvalue weighted by molar-refractivity contribution is 6.07. The zero-order valence-electron chi connectivity index (χ0n) is 25.6. The Hall–Kier alpha value is -4.93. The van der Waals surface area contributed by atoms with Gasteiger partial charge in [-0.25, -0.2) is 9.59 Å². The molecule has 0 spiro atoms. The molecule has 0 saturated heterocycles. The van der Waals surface area contributed by atoms with Gasteiger partial charge in [-0.1, -0.05) is 55.5 Å². The second-order valence-electron chi connectivity index (χ2n) is 11.6. The summed E-state index contributed by atoms with van der Waals surface area (Å²) in [4.78, 5) is 41.8. The number of nitrogens with zero attached hydrogens (tertiary/aromatic N) is 2. The van der Waals surface area contributed by atoms with Crippen molar-refractivity contribution < 1.29 is 29.3 Å². The van der Waals surface area contributed by atoms with Crippen LogP contribution in [0, 0.1) is 5.92 Å². The number of nitrogens with one attached hydrogen (secondary N) is 2. The van der Waals surface area contributed by atoms with E-state index in [0.717, 1.165) is 16.3 Å². The molecule has 10 heteroatoms. The van der Waals surface area contributed by atoms with Gasteiger partial charge in [0.25, 0.3) is 5.91 Å². The van der Waals surface area contributed by atoms with Gasteiger partial charge in [-0.3, -0.25) is 9.69 Å². The van der Waals surface area contributed by atoms with Crippen molar-refractivity contribution in [2.45, 2.75) is 32.5 Å². The van der Waals surface area contributed by atoms with Crippen molar-refractivity contribution in [3.05, 3.63) is 102 Å². The van der Waals surface area contributed by atoms with E-state index < -0.39 is 18.0 Å². The lowest BCUT2D eigenvalue weighted by Crippen LogP contribution is -2.49. The number of ether oxygens (including phenoxy) is 1. The number of benzene rings is 4. The summed E-state index contributed by atoms with van der Waals surface area (Å²) in [6, 6.07) is 24.3. The molecule has 0 aliphatic carbocycles. The number of aliphatic hydroxyl groups excluding tert-OH is 1. The minimum Gasteiger partial charge on any atom is -0.488 e. The normalized spacial score (nSPS) is 17.2. The minimum atomic E-state index is -0.967. The molecule has 0 unspecified atom stereocenters. The van der Waals surface area contributed by atoms with Crippen LogP contribution in [0.2, 0.25) is 0 Å². The number of fused-ring (bicyclic) bond motifs is 2. The van der Waals surface area contributed by atoms with Crippen molar-refractivity contribution in [2.24, 2.45) is 5.92 Å². The van der Waals surface area contributed by atoms with Gasteiger partial charge in [0, 0.05) is 36.6 Å². The quantitative estimate of drug-likeness (QED) is 0.196. The van der Waals surface area contributed by atoms with E-state index in [2.05, 4.69) is 15.5 Å². The number of anilines is 2. The zero-order chi connectivity index (χ0) is 32.1. The average molecular weight is 611 g/mol. The fourth-order valence-electron chi connectivity index (χ4n) is 5.57. The van der Waals surface area contributed by atoms with Crippen molar-refractivity contribution in [3.63, 3.8) is 0 Å². The smallest absolute Gasteiger partial charge is 0.335 e. The standard InChI is InChI=1S/C35H38N4O6/c1-22-18-39(23(2)21-40)33(41)29-17-27(36-35(44)37-30-10-6-8-25-7-4-5-9-28(25)30)15-16-31(29)45-32(22)20-38(3)19-24-11-13-26(14-12-24)34(42)43/h4-17,22-23,32,40H,18-21H2,1-3H3,(H,42,43)(H2,36,37,44)/t22-,23+,32-/m1/s1. The summed E-state index contributed by atoms with van der Waals surface area (Å²) in [5.41, 5.74) is 2.58. The molecule has 3 amide bonds. The number of aliphatic hydroxyl groups is 1. The molecular formula is C35H38N4O6. The maximum atomic E-state index is 13.8. The molecule has 4 aromatic rings. The summed E-state index contributed by atoms with van der Waals surface area (Å²) in [6.07, 6.45) is -0.304. The van der Waals surface area contributed by atoms with Gasteiger partial charge in [-0.2, -0.15) is 0 Å². The number of amides is 3. The molecule has 4 aromatic carbocycles. The first-order valence-corrected chi connectivity index (χ1v) is 14.9. The summed E-state index contributed by atoms with van der Waals surface area (Å²) in [7, 11) is 1.96. The first-order valence-electron chi connectivity index (χ1n) is 14.9. The van der Waals surface area contributed by atoms with Crippen molar-refractivity contribution in [3.8, 4) is 5.75 Å². The zero-order valence-corrected chi connectivity index (χ0v) is 25.6. The predicted molar refractivity (Wildman–Crippen MR) is 174 cm³/mol. The Morgan fingerprint density at radius 3 is 2.49 bits per heavy atom. The van der Waals surface area contributed by atoms with E-state index in [1.54, 1.807) is 54.3 Å². The fourth-order valence-corrected chi connectivity index (χ4v) is 5.57. The maximum Gasteiger partial charge on any atom is 0.335 e. The van der Waals surface area contributed by atoms with E-state index in [1.807, 2.05) is 56.4 Å². The first-order chi connectivity index (χ1) is 21.6. The van der Waals surface area contributed by atoms with Crippen LogP contribution in [0.3, 0.4) is 0 Å². The lowest BCUT2D eigenvalue weighted by molar-refractivity contribution is 0.0341. The molecule has 45 heavy (non-hydrogen) atoms. The molecule has 234 valence electrons. The number of carboxylic acids is 1. The van der Waals surface area contributed by atoms with Crippen LogP contribution in [0.4, 0.5) is 16.2 Å². The molecule has 0 aromatic heterocycles. The topological polar surface area (TPSA) is 131 Å². The number of carbonyl (C=O) groups excluding carboxylic acids is 2. The number of aromatic carboxylic acids is 1. The average Bonchev–Trinajstić information content (AvgIpc) is 3.03. The molecule has 0 radical (unpaired) electrons. The van der Waals surface area contributed by atoms with Crippen molar-refractivity contribution in [2.75, 3.05) is 37.4 Å². The molecular weight excluding hydrogens is 572 g/mol. The van der Waals surface area contributed by atoms with Gasteiger partial charge in [0.15, 0.2) is 0 Å². The first kappa shape index (κ1) is 31.5. The van der Waals surface area contributed by atoms with E-state index in [9.17, 15) is 24.6 Å². The van der Waals surface area contributed by atoms with E-state index in [-0.39, 0.29) is 30.1 Å². The third kappa shape index (κ3) is 7.42. The van der Waals surface area contributed by atoms with E-state index >= 15 is 0 Å². The number of hydrogen-bond acceptors (Lipinski definition) is 6. The van der Waals surface area contributed by atoms with Crippen LogP contribution in [0.25, 0.3) is 10.8 Å². The Labute approximate surface area is 262 Å². The Kier molecular flexibility index (Phi) is 9.65. The van der Waals surface area contributed by atoms with Crippen LogP contribution in [-0.4, -0.2) is 76.8 Å². The largest absolute Gasteiger partial charge is 0.488 e. The summed E-state index contributed by atoms with van der Waals surface area (Å²) in [5, 5.41) is 26.8. The summed E-state index contributed by atoms with van der Waals surface area (Å²) in [6.45, 7) is 5.09. The van der Waals surface area contributed by atoms with Crippen molar-refractivity contribution in [1.29, 1.82) is 0 Å². The minimum absolute atomic E-state index is 0.0720. The molecule has 10 nitrogen and oxygen atoms in total. The second-order valence-corrected chi connectivity index (χ2v) is 11.6. The third-order valence-electron chi connectivity index (χ3n) is 8.11. The SMILES string of the molecule is C[C@@H]1CN([C@@H](C)CO)C(=O)c2cc(NC(=O)Nc3cccc4ccccc34)ccc2O[C@@H]1CN(C)Cc1ccc(C(=O)O)cc1. The van der Waals surface area contributed by atoms with Crippen LogP contribution < -0.4 is 15.4 Å². The molecule has 0 bridgehead atoms. The monoisotopic (exact) mass is 610 g/mol. The summed E-state index contributed by atoms with van der Waals surface area (Å²) < 4.78 is 6.49. The second kappa shape index (κ2) is 13.8. The number of urea groups is 1. The molecule has 1 aliphatic heterocycles. The van der Waals surface area contributed by atoms with Crippen LogP contribution in [0.5, 0.6) is 5.75 Å². The van der Waals surface area contributed by atoms with Crippen LogP contribution in [-0.2, 0) is 6.54 Å². The van der Waals surface area contributed by atoms with E-state index in [4.69, 9.17) is 4.74 Å². The highest BCUT2D eigenvalue weighted by atomic mass is 16.5. The van der Waals surface area contributed by atoms with Crippen LogP contribution >= 0.6 is 0 Å². The van der Waals surface area contributed by atoms with Gasteiger partial charge < -0.3 is 30.5 Å². The number of rotatable bonds is 9. The Morgan fingerprint density at radius 2 is 1.76 bits per heavy atom. The number of hydrogen-bond donors (Lipinski definition) is 4. The molecule has 1 heterocycles. The number of carboxylic acid groups (broad SMARTS) is 1.